The molecule has 3 aromatic rings. The highest BCUT2D eigenvalue weighted by Crippen LogP contribution is 2.43. The van der Waals surface area contributed by atoms with Crippen LogP contribution in [0.25, 0.3) is 0 Å². The van der Waals surface area contributed by atoms with Crippen LogP contribution in [-0.4, -0.2) is 27.0 Å². The smallest absolute Gasteiger partial charge is 0.410 e. The van der Waals surface area contributed by atoms with Crippen LogP contribution in [0, 0.1) is 0 Å². The van der Waals surface area contributed by atoms with Gasteiger partial charge in [-0.15, -0.1) is 0 Å². The minimum absolute atomic E-state index is 0.0982. The Morgan fingerprint density at radius 1 is 1.20 bits per heavy atom. The van der Waals surface area contributed by atoms with Crippen molar-refractivity contribution >= 4 is 33.3 Å². The van der Waals surface area contributed by atoms with E-state index in [4.69, 9.17) is 0 Å². The normalized spacial score (nSPS) is 18.4. The number of alkyl halides is 3. The van der Waals surface area contributed by atoms with Crippen molar-refractivity contribution in [2.45, 2.75) is 24.7 Å². The highest BCUT2D eigenvalue weighted by atomic mass is 79.9. The predicted molar refractivity (Wildman–Crippen MR) is 109 cm³/mol. The van der Waals surface area contributed by atoms with Crippen molar-refractivity contribution in [3.63, 3.8) is 0 Å². The molecule has 2 heterocycles. The maximum Gasteiger partial charge on any atom is 0.410 e. The van der Waals surface area contributed by atoms with Gasteiger partial charge in [0.25, 0.3) is 5.91 Å². The van der Waals surface area contributed by atoms with Crippen LogP contribution in [0.4, 0.5) is 24.7 Å². The number of hydrogen-bond acceptors (Lipinski definition) is 4. The third kappa shape index (κ3) is 4.00. The van der Waals surface area contributed by atoms with Crippen molar-refractivity contribution in [3.8, 4) is 5.75 Å². The van der Waals surface area contributed by atoms with Crippen LogP contribution in [-0.2, 0) is 0 Å². The lowest BCUT2D eigenvalue weighted by Gasteiger charge is -2.33. The first-order valence-electron chi connectivity index (χ1n) is 9.00. The first-order chi connectivity index (χ1) is 14.2. The second-order valence-corrected chi connectivity index (χ2v) is 7.79. The lowest BCUT2D eigenvalue weighted by atomic mass is 9.97. The number of carbonyl (C=O) groups excluding carboxylic acids is 1. The highest BCUT2D eigenvalue weighted by Gasteiger charge is 2.46. The number of anilines is 2. The van der Waals surface area contributed by atoms with E-state index in [2.05, 4.69) is 31.7 Å². The molecule has 156 valence electrons. The summed E-state index contributed by atoms with van der Waals surface area (Å²) in [4.78, 5) is 12.6. The zero-order valence-electron chi connectivity index (χ0n) is 15.3. The number of aromatic nitrogens is 2. The van der Waals surface area contributed by atoms with E-state index in [-0.39, 0.29) is 29.4 Å². The molecule has 3 N–H and O–H groups in total. The number of aromatic hydroxyl groups is 1. The number of halogens is 4. The van der Waals surface area contributed by atoms with Gasteiger partial charge in [-0.05, 0) is 23.8 Å². The van der Waals surface area contributed by atoms with Crippen LogP contribution in [0.5, 0.6) is 5.75 Å². The molecule has 0 unspecified atom stereocenters. The summed E-state index contributed by atoms with van der Waals surface area (Å²) in [6.45, 7) is 0. The van der Waals surface area contributed by atoms with E-state index >= 15 is 0 Å². The Hall–Kier alpha value is -3.01. The second-order valence-electron chi connectivity index (χ2n) is 6.88. The van der Waals surface area contributed by atoms with E-state index in [0.717, 1.165) is 4.68 Å². The molecule has 0 saturated carbocycles. The fourth-order valence-electron chi connectivity index (χ4n) is 3.38. The van der Waals surface area contributed by atoms with E-state index in [1.807, 2.05) is 0 Å². The van der Waals surface area contributed by atoms with Gasteiger partial charge in [0.15, 0.2) is 11.7 Å². The number of hydrogen-bond donors (Lipinski definition) is 3. The number of amides is 1. The van der Waals surface area contributed by atoms with Gasteiger partial charge in [-0.3, -0.25) is 4.79 Å². The summed E-state index contributed by atoms with van der Waals surface area (Å²) in [5, 5.41) is 19.3. The Labute approximate surface area is 177 Å². The molecule has 0 radical (unpaired) electrons. The van der Waals surface area contributed by atoms with E-state index in [9.17, 15) is 23.1 Å². The number of nitrogens with zero attached hydrogens (tertiary/aromatic N) is 2. The Kier molecular flexibility index (Phi) is 5.19. The number of carbonyl (C=O) groups is 1. The molecule has 6 nitrogen and oxygen atoms in total. The minimum Gasteiger partial charge on any atom is -0.506 e. The topological polar surface area (TPSA) is 79.2 Å². The molecule has 1 aliphatic rings. The standard InChI is InChI=1S/C20H16BrF3N4O2/c21-12-6-7-16(29)14(8-12)26-19(30)15-10-18-25-13(11-4-2-1-3-5-11)9-17(20(22,23)24)28(18)27-15/h1-8,10,13,17,25,29H,9H2,(H,26,30)/t13-,17-/m1/s1. The molecule has 4 rings (SSSR count). The fraction of sp³-hybridized carbons (Fsp3) is 0.200. The van der Waals surface area contributed by atoms with Gasteiger partial charge in [0.2, 0.25) is 0 Å². The summed E-state index contributed by atoms with van der Waals surface area (Å²) < 4.78 is 42.6. The molecule has 1 aliphatic heterocycles. The molecule has 2 atom stereocenters. The monoisotopic (exact) mass is 480 g/mol. The zero-order valence-corrected chi connectivity index (χ0v) is 16.9. The maximum absolute atomic E-state index is 13.7. The molecule has 2 aromatic carbocycles. The predicted octanol–water partition coefficient (Wildman–Crippen LogP) is 5.26. The summed E-state index contributed by atoms with van der Waals surface area (Å²) in [7, 11) is 0. The minimum atomic E-state index is -4.54. The Bertz CT molecular complexity index is 1090. The molecule has 0 aliphatic carbocycles. The van der Waals surface area contributed by atoms with Crippen molar-refractivity contribution in [1.82, 2.24) is 9.78 Å². The quantitative estimate of drug-likeness (QED) is 0.446. The van der Waals surface area contributed by atoms with Gasteiger partial charge >= 0.3 is 6.18 Å². The number of nitrogens with one attached hydrogen (secondary N) is 2. The van der Waals surface area contributed by atoms with E-state index in [1.165, 1.54) is 18.2 Å². The SMILES string of the molecule is O=C(Nc1cc(Br)ccc1O)c1cc2n(n1)[C@@H](C(F)(F)F)C[C@H](c1ccccc1)N2. The molecular formula is C20H16BrF3N4O2. The van der Waals surface area contributed by atoms with E-state index in [1.54, 1.807) is 36.4 Å². The van der Waals surface area contributed by atoms with Crippen LogP contribution in [0.2, 0.25) is 0 Å². The lowest BCUT2D eigenvalue weighted by molar-refractivity contribution is -0.173. The fourth-order valence-corrected chi connectivity index (χ4v) is 3.74. The maximum atomic E-state index is 13.7. The third-order valence-corrected chi connectivity index (χ3v) is 5.32. The van der Waals surface area contributed by atoms with Gasteiger partial charge in [-0.1, -0.05) is 46.3 Å². The summed E-state index contributed by atoms with van der Waals surface area (Å²) in [5.74, 6) is -0.809. The number of fused-ring (bicyclic) bond motifs is 1. The molecule has 30 heavy (non-hydrogen) atoms. The van der Waals surface area contributed by atoms with Crippen LogP contribution in [0.3, 0.4) is 0 Å². The molecule has 0 spiro atoms. The van der Waals surface area contributed by atoms with E-state index < -0.39 is 24.2 Å². The first-order valence-corrected chi connectivity index (χ1v) is 9.79. The van der Waals surface area contributed by atoms with Crippen LogP contribution >= 0.6 is 15.9 Å². The van der Waals surface area contributed by atoms with Gasteiger partial charge in [-0.25, -0.2) is 4.68 Å². The van der Waals surface area contributed by atoms with Gasteiger partial charge < -0.3 is 15.7 Å². The van der Waals surface area contributed by atoms with Crippen molar-refractivity contribution in [2.24, 2.45) is 0 Å². The lowest BCUT2D eigenvalue weighted by Crippen LogP contribution is -2.35. The van der Waals surface area contributed by atoms with Crippen LogP contribution in [0.1, 0.15) is 34.6 Å². The third-order valence-electron chi connectivity index (χ3n) is 4.83. The van der Waals surface area contributed by atoms with Gasteiger partial charge in [0.1, 0.15) is 11.6 Å². The number of phenolic OH excluding ortho intramolecular Hbond substituents is 1. The second kappa shape index (κ2) is 7.67. The Morgan fingerprint density at radius 3 is 2.63 bits per heavy atom. The molecule has 0 fully saturated rings. The summed E-state index contributed by atoms with van der Waals surface area (Å²) >= 11 is 3.23. The summed E-state index contributed by atoms with van der Waals surface area (Å²) in [6, 6.07) is 12.1. The largest absolute Gasteiger partial charge is 0.506 e. The van der Waals surface area contributed by atoms with Crippen LogP contribution in [0.15, 0.2) is 59.1 Å². The molecular weight excluding hydrogens is 465 g/mol. The number of phenols is 1. The van der Waals surface area contributed by atoms with Crippen molar-refractivity contribution in [1.29, 1.82) is 0 Å². The summed E-state index contributed by atoms with van der Waals surface area (Å²) in [5.41, 5.74) is 0.631. The molecule has 1 amide bonds. The number of rotatable bonds is 3. The van der Waals surface area contributed by atoms with Crippen LogP contribution < -0.4 is 10.6 Å². The van der Waals surface area contributed by atoms with Crippen molar-refractivity contribution in [2.75, 3.05) is 10.6 Å². The molecule has 10 heteroatoms. The Morgan fingerprint density at radius 2 is 1.93 bits per heavy atom. The highest BCUT2D eigenvalue weighted by molar-refractivity contribution is 9.10. The van der Waals surface area contributed by atoms with Crippen molar-refractivity contribution < 1.29 is 23.1 Å². The van der Waals surface area contributed by atoms with Gasteiger partial charge in [0, 0.05) is 17.0 Å². The van der Waals surface area contributed by atoms with Gasteiger partial charge in [-0.2, -0.15) is 18.3 Å². The van der Waals surface area contributed by atoms with E-state index in [0.29, 0.717) is 10.0 Å². The first kappa shape index (κ1) is 20.3. The molecule has 0 bridgehead atoms. The van der Waals surface area contributed by atoms with Crippen molar-refractivity contribution in [3.05, 3.63) is 70.3 Å². The summed E-state index contributed by atoms with van der Waals surface area (Å²) in [6.07, 6.45) is -4.79. The average Bonchev–Trinajstić information content (AvgIpc) is 3.14. The zero-order chi connectivity index (χ0) is 21.5. The molecule has 1 aromatic heterocycles. The Balaban J connectivity index is 1.65. The van der Waals surface area contributed by atoms with Gasteiger partial charge in [0.05, 0.1) is 11.7 Å². The average molecular weight is 481 g/mol. The number of benzene rings is 2. The molecule has 0 saturated heterocycles.